The first-order valence-corrected chi connectivity index (χ1v) is 7.34. The second kappa shape index (κ2) is 6.03. The van der Waals surface area contributed by atoms with Gasteiger partial charge in [-0.15, -0.1) is 5.10 Å². The molecule has 1 aliphatic heterocycles. The zero-order valence-electron chi connectivity index (χ0n) is 11.9. The molecule has 5 heteroatoms. The predicted molar refractivity (Wildman–Crippen MR) is 78.6 cm³/mol. The van der Waals surface area contributed by atoms with Gasteiger partial charge in [-0.1, -0.05) is 0 Å². The molecule has 0 spiro atoms. The van der Waals surface area contributed by atoms with E-state index in [0.717, 1.165) is 37.1 Å². The topological polar surface area (TPSA) is 46.8 Å². The molecule has 1 fully saturated rings. The second-order valence-corrected chi connectivity index (χ2v) is 5.52. The van der Waals surface area contributed by atoms with Crippen LogP contribution >= 0.6 is 0 Å². The molecule has 1 aliphatic rings. The molecule has 0 bridgehead atoms. The number of aromatic nitrogens is 4. The summed E-state index contributed by atoms with van der Waals surface area (Å²) >= 11 is 0. The van der Waals surface area contributed by atoms with Crippen LogP contribution in [0.4, 0.5) is 5.82 Å². The Morgan fingerprint density at radius 2 is 2.05 bits per heavy atom. The van der Waals surface area contributed by atoms with Crippen molar-refractivity contribution in [1.29, 1.82) is 0 Å². The molecule has 0 N–H and O–H groups in total. The first-order valence-electron chi connectivity index (χ1n) is 7.34. The van der Waals surface area contributed by atoms with Crippen LogP contribution in [0.3, 0.4) is 0 Å². The lowest BCUT2D eigenvalue weighted by Crippen LogP contribution is -2.34. The molecule has 3 heterocycles. The third kappa shape index (κ3) is 3.15. The number of anilines is 1. The van der Waals surface area contributed by atoms with Crippen molar-refractivity contribution in [1.82, 2.24) is 20.0 Å². The molecular weight excluding hydrogens is 250 g/mol. The number of aryl methyl sites for hydroxylation is 2. The van der Waals surface area contributed by atoms with Gasteiger partial charge < -0.3 is 4.90 Å². The van der Waals surface area contributed by atoms with Crippen LogP contribution in [-0.4, -0.2) is 33.1 Å². The monoisotopic (exact) mass is 271 g/mol. The zero-order valence-corrected chi connectivity index (χ0v) is 11.9. The highest BCUT2D eigenvalue weighted by molar-refractivity contribution is 5.37. The highest BCUT2D eigenvalue weighted by Gasteiger charge is 2.20. The molecule has 0 amide bonds. The number of hydrogen-bond acceptors (Lipinski definition) is 4. The summed E-state index contributed by atoms with van der Waals surface area (Å²) in [5, 5.41) is 12.7. The Kier molecular flexibility index (Phi) is 3.95. The van der Waals surface area contributed by atoms with Gasteiger partial charge in [0.15, 0.2) is 5.82 Å². The van der Waals surface area contributed by atoms with E-state index in [-0.39, 0.29) is 0 Å². The Morgan fingerprint density at radius 3 is 2.70 bits per heavy atom. The standard InChI is InChI=1S/C15H21N5/c1-13-3-4-15(18-17-13)19-10-5-14(6-11-19)7-12-20-9-2-8-16-20/h2-4,8-9,14H,5-7,10-12H2,1H3. The first-order chi connectivity index (χ1) is 9.81. The van der Waals surface area contributed by atoms with Crippen molar-refractivity contribution in [3.8, 4) is 0 Å². The van der Waals surface area contributed by atoms with Gasteiger partial charge in [-0.25, -0.2) is 0 Å². The molecule has 0 atom stereocenters. The van der Waals surface area contributed by atoms with Gasteiger partial charge in [0, 0.05) is 32.0 Å². The summed E-state index contributed by atoms with van der Waals surface area (Å²) < 4.78 is 2.03. The van der Waals surface area contributed by atoms with E-state index in [4.69, 9.17) is 0 Å². The van der Waals surface area contributed by atoms with Crippen LogP contribution in [-0.2, 0) is 6.54 Å². The van der Waals surface area contributed by atoms with Crippen LogP contribution in [0.1, 0.15) is 25.0 Å². The van der Waals surface area contributed by atoms with E-state index in [9.17, 15) is 0 Å². The Labute approximate surface area is 119 Å². The summed E-state index contributed by atoms with van der Waals surface area (Å²) in [5.74, 6) is 1.81. The highest BCUT2D eigenvalue weighted by atomic mass is 15.3. The molecule has 5 nitrogen and oxygen atoms in total. The van der Waals surface area contributed by atoms with Crippen molar-refractivity contribution in [2.24, 2.45) is 5.92 Å². The molecule has 3 rings (SSSR count). The lowest BCUT2D eigenvalue weighted by Gasteiger charge is -2.32. The van der Waals surface area contributed by atoms with E-state index < -0.39 is 0 Å². The maximum atomic E-state index is 4.28. The normalized spacial score (nSPS) is 16.6. The average molecular weight is 271 g/mol. The molecule has 0 aliphatic carbocycles. The van der Waals surface area contributed by atoms with Crippen LogP contribution in [0, 0.1) is 12.8 Å². The summed E-state index contributed by atoms with van der Waals surface area (Å²) in [6, 6.07) is 6.09. The number of piperidine rings is 1. The van der Waals surface area contributed by atoms with Crippen LogP contribution in [0.25, 0.3) is 0 Å². The van der Waals surface area contributed by atoms with Gasteiger partial charge in [-0.2, -0.15) is 10.2 Å². The Balaban J connectivity index is 1.48. The lowest BCUT2D eigenvalue weighted by molar-refractivity contribution is 0.353. The van der Waals surface area contributed by atoms with Gasteiger partial charge in [0.2, 0.25) is 0 Å². The van der Waals surface area contributed by atoms with Gasteiger partial charge in [-0.05, 0) is 50.3 Å². The molecule has 2 aromatic rings. The van der Waals surface area contributed by atoms with Crippen molar-refractivity contribution in [3.05, 3.63) is 36.3 Å². The fourth-order valence-electron chi connectivity index (χ4n) is 2.76. The van der Waals surface area contributed by atoms with Crippen molar-refractivity contribution >= 4 is 5.82 Å². The SMILES string of the molecule is Cc1ccc(N2CCC(CCn3cccn3)CC2)nn1. The van der Waals surface area contributed by atoms with Gasteiger partial charge in [0.1, 0.15) is 0 Å². The van der Waals surface area contributed by atoms with E-state index in [0.29, 0.717) is 0 Å². The quantitative estimate of drug-likeness (QED) is 0.856. The average Bonchev–Trinajstić information content (AvgIpc) is 3.00. The third-order valence-electron chi connectivity index (χ3n) is 4.05. The molecular formula is C15H21N5. The summed E-state index contributed by atoms with van der Waals surface area (Å²) in [6.07, 6.45) is 7.57. The maximum absolute atomic E-state index is 4.28. The maximum Gasteiger partial charge on any atom is 0.151 e. The Bertz CT molecular complexity index is 512. The van der Waals surface area contributed by atoms with Crippen molar-refractivity contribution in [2.45, 2.75) is 32.7 Å². The summed E-state index contributed by atoms with van der Waals surface area (Å²) in [7, 11) is 0. The van der Waals surface area contributed by atoms with Crippen molar-refractivity contribution < 1.29 is 0 Å². The van der Waals surface area contributed by atoms with Crippen LogP contribution in [0.2, 0.25) is 0 Å². The predicted octanol–water partition coefficient (Wildman–Crippen LogP) is 2.29. The minimum atomic E-state index is 0.800. The van der Waals surface area contributed by atoms with E-state index in [1.54, 1.807) is 0 Å². The summed E-state index contributed by atoms with van der Waals surface area (Å²) in [6.45, 7) is 5.17. The number of hydrogen-bond donors (Lipinski definition) is 0. The summed E-state index contributed by atoms with van der Waals surface area (Å²) in [4.78, 5) is 2.34. The molecule has 20 heavy (non-hydrogen) atoms. The third-order valence-corrected chi connectivity index (χ3v) is 4.05. The molecule has 106 valence electrons. The Hall–Kier alpha value is -1.91. The fraction of sp³-hybridized carbons (Fsp3) is 0.533. The van der Waals surface area contributed by atoms with Crippen molar-refractivity contribution in [3.63, 3.8) is 0 Å². The first kappa shape index (κ1) is 13.1. The van der Waals surface area contributed by atoms with Gasteiger partial charge >= 0.3 is 0 Å². The smallest absolute Gasteiger partial charge is 0.151 e. The highest BCUT2D eigenvalue weighted by Crippen LogP contribution is 2.24. The molecule has 0 radical (unpaired) electrons. The number of rotatable bonds is 4. The minimum absolute atomic E-state index is 0.800. The second-order valence-electron chi connectivity index (χ2n) is 5.52. The molecule has 0 saturated carbocycles. The summed E-state index contributed by atoms with van der Waals surface area (Å²) in [5.41, 5.74) is 0.975. The molecule has 0 aromatic carbocycles. The van der Waals surface area contributed by atoms with Crippen LogP contribution < -0.4 is 4.90 Å². The van der Waals surface area contributed by atoms with E-state index >= 15 is 0 Å². The van der Waals surface area contributed by atoms with Gasteiger partial charge in [0.25, 0.3) is 0 Å². The largest absolute Gasteiger partial charge is 0.355 e. The van der Waals surface area contributed by atoms with Crippen LogP contribution in [0.5, 0.6) is 0 Å². The minimum Gasteiger partial charge on any atom is -0.355 e. The zero-order chi connectivity index (χ0) is 13.8. The van der Waals surface area contributed by atoms with Gasteiger partial charge in [-0.3, -0.25) is 4.68 Å². The molecule has 0 unspecified atom stereocenters. The molecule has 1 saturated heterocycles. The van der Waals surface area contributed by atoms with E-state index in [2.05, 4.69) is 26.3 Å². The lowest BCUT2D eigenvalue weighted by atomic mass is 9.93. The van der Waals surface area contributed by atoms with Crippen LogP contribution in [0.15, 0.2) is 30.6 Å². The van der Waals surface area contributed by atoms with Gasteiger partial charge in [0.05, 0.1) is 5.69 Å². The molecule has 2 aromatic heterocycles. The van der Waals surface area contributed by atoms with E-state index in [1.165, 1.54) is 19.3 Å². The fourth-order valence-corrected chi connectivity index (χ4v) is 2.76. The van der Waals surface area contributed by atoms with E-state index in [1.807, 2.05) is 36.1 Å². The number of nitrogens with zero attached hydrogens (tertiary/aromatic N) is 5. The Morgan fingerprint density at radius 1 is 1.20 bits per heavy atom. The van der Waals surface area contributed by atoms with Crippen molar-refractivity contribution in [2.75, 3.05) is 18.0 Å².